The van der Waals surface area contributed by atoms with Gasteiger partial charge < -0.3 is 15.1 Å². The van der Waals surface area contributed by atoms with Gasteiger partial charge in [0.15, 0.2) is 0 Å². The lowest BCUT2D eigenvalue weighted by molar-refractivity contribution is -0.125. The lowest BCUT2D eigenvalue weighted by Gasteiger charge is -2.21. The highest BCUT2D eigenvalue weighted by Crippen LogP contribution is 2.16. The maximum absolute atomic E-state index is 12.7. The Morgan fingerprint density at radius 2 is 1.75 bits per heavy atom. The monoisotopic (exact) mass is 432 g/mol. The molecule has 32 heavy (non-hydrogen) atoms. The third-order valence-corrected chi connectivity index (χ3v) is 5.44. The van der Waals surface area contributed by atoms with Crippen LogP contribution in [-0.2, 0) is 16.1 Å². The van der Waals surface area contributed by atoms with Crippen LogP contribution in [0.15, 0.2) is 54.6 Å². The van der Waals surface area contributed by atoms with Crippen LogP contribution in [0.1, 0.15) is 48.0 Å². The van der Waals surface area contributed by atoms with Gasteiger partial charge in [-0.3, -0.25) is 14.4 Å². The van der Waals surface area contributed by atoms with Gasteiger partial charge in [0.1, 0.15) is 0 Å². The number of benzene rings is 2. The minimum Gasteiger partial charge on any atom is -0.352 e. The molecule has 3 amide bonds. The molecule has 1 heterocycles. The average molecular weight is 433 g/mol. The Balaban J connectivity index is 1.50. The van der Waals surface area contributed by atoms with Crippen molar-refractivity contribution in [1.29, 1.82) is 5.26 Å². The summed E-state index contributed by atoms with van der Waals surface area (Å²) in [6.45, 7) is 2.17. The molecule has 2 aromatic rings. The van der Waals surface area contributed by atoms with Crippen LogP contribution in [0.4, 0.5) is 5.69 Å². The van der Waals surface area contributed by atoms with Crippen LogP contribution in [0.3, 0.4) is 0 Å². The summed E-state index contributed by atoms with van der Waals surface area (Å²) < 4.78 is 0. The predicted molar refractivity (Wildman–Crippen MR) is 122 cm³/mol. The number of rotatable bonds is 9. The zero-order chi connectivity index (χ0) is 22.8. The molecule has 0 bridgehead atoms. The van der Waals surface area contributed by atoms with Gasteiger partial charge in [-0.25, -0.2) is 0 Å². The number of nitriles is 1. The van der Waals surface area contributed by atoms with E-state index in [1.54, 1.807) is 11.0 Å². The Kier molecular flexibility index (Phi) is 8.38. The number of carbonyl (C=O) groups excluding carboxylic acids is 3. The van der Waals surface area contributed by atoms with Gasteiger partial charge in [-0.1, -0.05) is 30.3 Å². The van der Waals surface area contributed by atoms with Crippen molar-refractivity contribution in [2.24, 2.45) is 0 Å². The van der Waals surface area contributed by atoms with E-state index in [1.807, 2.05) is 53.4 Å². The zero-order valence-electron chi connectivity index (χ0n) is 18.1. The van der Waals surface area contributed by atoms with E-state index in [0.717, 1.165) is 31.5 Å². The molecule has 1 fully saturated rings. The van der Waals surface area contributed by atoms with Crippen LogP contribution < -0.4 is 10.2 Å². The van der Waals surface area contributed by atoms with E-state index in [2.05, 4.69) is 11.4 Å². The molecular formula is C25H28N4O3. The first-order valence-corrected chi connectivity index (χ1v) is 11.0. The number of nitrogens with zero attached hydrogens (tertiary/aromatic N) is 3. The van der Waals surface area contributed by atoms with Gasteiger partial charge in [-0.15, -0.1) is 0 Å². The molecule has 7 heteroatoms. The van der Waals surface area contributed by atoms with Crippen molar-refractivity contribution >= 4 is 23.4 Å². The molecule has 0 spiro atoms. The molecular weight excluding hydrogens is 404 g/mol. The second-order valence-corrected chi connectivity index (χ2v) is 7.77. The van der Waals surface area contributed by atoms with E-state index >= 15 is 0 Å². The number of amides is 3. The largest absolute Gasteiger partial charge is 0.352 e. The van der Waals surface area contributed by atoms with Gasteiger partial charge in [0.25, 0.3) is 5.91 Å². The van der Waals surface area contributed by atoms with Gasteiger partial charge in [-0.05, 0) is 42.7 Å². The minimum absolute atomic E-state index is 0.0274. The van der Waals surface area contributed by atoms with E-state index in [1.165, 1.54) is 0 Å². The Morgan fingerprint density at radius 1 is 1.00 bits per heavy atom. The van der Waals surface area contributed by atoms with E-state index < -0.39 is 0 Å². The van der Waals surface area contributed by atoms with Crippen molar-refractivity contribution < 1.29 is 14.4 Å². The van der Waals surface area contributed by atoms with Crippen molar-refractivity contribution in [3.63, 3.8) is 0 Å². The summed E-state index contributed by atoms with van der Waals surface area (Å²) in [5.74, 6) is -0.401. The van der Waals surface area contributed by atoms with Crippen molar-refractivity contribution in [2.45, 2.75) is 38.6 Å². The Hall–Kier alpha value is -3.66. The van der Waals surface area contributed by atoms with Crippen LogP contribution in [0, 0.1) is 11.3 Å². The number of carbonyl (C=O) groups is 3. The average Bonchev–Trinajstić information content (AvgIpc) is 3.37. The standard InChI is InChI=1S/C25H28N4O3/c26-14-7-17-29(22-10-2-1-3-11-22)24(31)13-12-23(30)27-19-20-8-6-9-21(18-20)25(32)28-15-4-5-16-28/h1-3,6,8-11,18H,4-5,7,12-13,15-17,19H2,(H,27,30). The van der Waals surface area contributed by atoms with Crippen LogP contribution in [-0.4, -0.2) is 42.3 Å². The van der Waals surface area contributed by atoms with E-state index in [-0.39, 0.29) is 37.0 Å². The molecule has 0 atom stereocenters. The van der Waals surface area contributed by atoms with Crippen molar-refractivity contribution in [2.75, 3.05) is 24.5 Å². The van der Waals surface area contributed by atoms with Crippen molar-refractivity contribution in [3.05, 3.63) is 65.7 Å². The molecule has 1 N–H and O–H groups in total. The number of hydrogen-bond donors (Lipinski definition) is 1. The topological polar surface area (TPSA) is 93.5 Å². The first-order chi connectivity index (χ1) is 15.6. The molecule has 2 aromatic carbocycles. The smallest absolute Gasteiger partial charge is 0.253 e. The summed E-state index contributed by atoms with van der Waals surface area (Å²) in [6.07, 6.45) is 2.41. The second kappa shape index (κ2) is 11.7. The lowest BCUT2D eigenvalue weighted by Crippen LogP contribution is -2.33. The van der Waals surface area contributed by atoms with Crippen molar-refractivity contribution in [3.8, 4) is 6.07 Å². The molecule has 3 rings (SSSR count). The first-order valence-electron chi connectivity index (χ1n) is 11.0. The van der Waals surface area contributed by atoms with Crippen LogP contribution in [0.2, 0.25) is 0 Å². The van der Waals surface area contributed by atoms with Gasteiger partial charge in [0, 0.05) is 50.3 Å². The molecule has 1 saturated heterocycles. The van der Waals surface area contributed by atoms with Crippen LogP contribution in [0.5, 0.6) is 0 Å². The number of para-hydroxylation sites is 1. The minimum atomic E-state index is -0.233. The molecule has 0 saturated carbocycles. The van der Waals surface area contributed by atoms with Gasteiger partial charge in [0.05, 0.1) is 12.5 Å². The molecule has 0 radical (unpaired) electrons. The fourth-order valence-electron chi connectivity index (χ4n) is 3.73. The second-order valence-electron chi connectivity index (χ2n) is 7.77. The Morgan fingerprint density at radius 3 is 2.47 bits per heavy atom. The summed E-state index contributed by atoms with van der Waals surface area (Å²) in [7, 11) is 0. The summed E-state index contributed by atoms with van der Waals surface area (Å²) >= 11 is 0. The van der Waals surface area contributed by atoms with Crippen LogP contribution in [0.25, 0.3) is 0 Å². The highest BCUT2D eigenvalue weighted by atomic mass is 16.2. The molecule has 166 valence electrons. The highest BCUT2D eigenvalue weighted by Gasteiger charge is 2.20. The quantitative estimate of drug-likeness (QED) is 0.658. The SMILES string of the molecule is N#CCCN(C(=O)CCC(=O)NCc1cccc(C(=O)N2CCCC2)c1)c1ccccc1. The molecule has 0 aromatic heterocycles. The predicted octanol–water partition coefficient (Wildman–Crippen LogP) is 3.27. The lowest BCUT2D eigenvalue weighted by atomic mass is 10.1. The maximum atomic E-state index is 12.7. The fourth-order valence-corrected chi connectivity index (χ4v) is 3.73. The van der Waals surface area contributed by atoms with Gasteiger partial charge in [0.2, 0.25) is 11.8 Å². The molecule has 0 unspecified atom stereocenters. The summed E-state index contributed by atoms with van der Waals surface area (Å²) in [4.78, 5) is 40.9. The molecule has 7 nitrogen and oxygen atoms in total. The third kappa shape index (κ3) is 6.42. The van der Waals surface area contributed by atoms with Gasteiger partial charge >= 0.3 is 0 Å². The summed E-state index contributed by atoms with van der Waals surface area (Å²) in [5, 5.41) is 11.7. The highest BCUT2D eigenvalue weighted by molar-refractivity contribution is 5.95. The number of hydrogen-bond acceptors (Lipinski definition) is 4. The first kappa shape index (κ1) is 23.0. The summed E-state index contributed by atoms with van der Waals surface area (Å²) in [5.41, 5.74) is 2.19. The van der Waals surface area contributed by atoms with E-state index in [9.17, 15) is 14.4 Å². The molecule has 0 aliphatic carbocycles. The molecule has 1 aliphatic rings. The number of likely N-dealkylation sites (tertiary alicyclic amines) is 1. The van der Waals surface area contributed by atoms with Crippen molar-refractivity contribution in [1.82, 2.24) is 10.2 Å². The fraction of sp³-hybridized carbons (Fsp3) is 0.360. The maximum Gasteiger partial charge on any atom is 0.253 e. The van der Waals surface area contributed by atoms with E-state index in [0.29, 0.717) is 24.3 Å². The van der Waals surface area contributed by atoms with Gasteiger partial charge in [-0.2, -0.15) is 5.26 Å². The zero-order valence-corrected chi connectivity index (χ0v) is 18.1. The Labute approximate surface area is 188 Å². The van der Waals surface area contributed by atoms with E-state index in [4.69, 9.17) is 5.26 Å². The normalized spacial score (nSPS) is 12.8. The Bertz CT molecular complexity index is 978. The van der Waals surface area contributed by atoms with Crippen LogP contribution >= 0.6 is 0 Å². The number of anilines is 1. The third-order valence-electron chi connectivity index (χ3n) is 5.44. The summed E-state index contributed by atoms with van der Waals surface area (Å²) in [6, 6.07) is 18.5. The number of nitrogens with one attached hydrogen (secondary N) is 1. The molecule has 1 aliphatic heterocycles.